The largest absolute Gasteiger partial charge is 0.497 e. The van der Waals surface area contributed by atoms with E-state index in [4.69, 9.17) is 19.9 Å². The Balaban J connectivity index is 2.04. The molecule has 1 heterocycles. The van der Waals surface area contributed by atoms with Crippen LogP contribution in [0.15, 0.2) is 36.4 Å². The molecule has 0 bridgehead atoms. The zero-order chi connectivity index (χ0) is 15.1. The highest BCUT2D eigenvalue weighted by atomic mass is 16.5. The molecule has 0 amide bonds. The molecule has 1 aromatic heterocycles. The van der Waals surface area contributed by atoms with Crippen LogP contribution in [0.2, 0.25) is 0 Å². The number of benzene rings is 1. The molecule has 0 fully saturated rings. The summed E-state index contributed by atoms with van der Waals surface area (Å²) >= 11 is 0. The van der Waals surface area contributed by atoms with E-state index in [9.17, 15) is 0 Å². The van der Waals surface area contributed by atoms with Crippen molar-refractivity contribution in [3.63, 3.8) is 0 Å². The average molecular weight is 288 g/mol. The molecule has 0 atom stereocenters. The van der Waals surface area contributed by atoms with E-state index in [1.54, 1.807) is 14.2 Å². The molecule has 0 aliphatic rings. The number of nitrogens with two attached hydrogens (primary N) is 1. The quantitative estimate of drug-likeness (QED) is 0.846. The molecule has 0 saturated heterocycles. The second kappa shape index (κ2) is 7.50. The monoisotopic (exact) mass is 288 g/mol. The maximum atomic E-state index is 5.76. The molecule has 0 spiro atoms. The minimum absolute atomic E-state index is 0.443. The van der Waals surface area contributed by atoms with Gasteiger partial charge < -0.3 is 19.9 Å². The lowest BCUT2D eigenvalue weighted by Crippen LogP contribution is -2.06. The van der Waals surface area contributed by atoms with Crippen molar-refractivity contribution in [2.45, 2.75) is 13.0 Å². The van der Waals surface area contributed by atoms with Crippen LogP contribution in [-0.2, 0) is 13.0 Å². The van der Waals surface area contributed by atoms with Gasteiger partial charge in [-0.25, -0.2) is 4.98 Å². The third-order valence-corrected chi connectivity index (χ3v) is 3.03. The van der Waals surface area contributed by atoms with Crippen LogP contribution in [0.3, 0.4) is 0 Å². The van der Waals surface area contributed by atoms with Crippen LogP contribution in [0.25, 0.3) is 0 Å². The summed E-state index contributed by atoms with van der Waals surface area (Å²) in [6.45, 7) is 1.00. The molecule has 5 nitrogen and oxygen atoms in total. The highest BCUT2D eigenvalue weighted by Crippen LogP contribution is 2.25. The first-order valence-electron chi connectivity index (χ1n) is 6.76. The Morgan fingerprint density at radius 1 is 1.00 bits per heavy atom. The van der Waals surface area contributed by atoms with E-state index in [1.807, 2.05) is 36.4 Å². The normalized spacial score (nSPS) is 10.2. The summed E-state index contributed by atoms with van der Waals surface area (Å²) in [4.78, 5) is 4.37. The van der Waals surface area contributed by atoms with Gasteiger partial charge in [0.25, 0.3) is 5.88 Å². The maximum absolute atomic E-state index is 5.76. The van der Waals surface area contributed by atoms with Gasteiger partial charge >= 0.3 is 0 Å². The lowest BCUT2D eigenvalue weighted by molar-refractivity contribution is 0.278. The highest BCUT2D eigenvalue weighted by Gasteiger charge is 2.08. The summed E-state index contributed by atoms with van der Waals surface area (Å²) in [5.74, 6) is 1.92. The molecule has 0 unspecified atom stereocenters. The number of hydrogen-bond donors (Lipinski definition) is 1. The van der Waals surface area contributed by atoms with Crippen LogP contribution in [0.1, 0.15) is 11.3 Å². The fraction of sp³-hybridized carbons (Fsp3) is 0.312. The van der Waals surface area contributed by atoms with Crippen molar-refractivity contribution in [3.05, 3.63) is 47.7 Å². The van der Waals surface area contributed by atoms with Gasteiger partial charge in [-0.2, -0.15) is 0 Å². The third kappa shape index (κ3) is 4.10. The predicted molar refractivity (Wildman–Crippen MR) is 80.9 cm³/mol. The van der Waals surface area contributed by atoms with Crippen LogP contribution in [0.5, 0.6) is 17.4 Å². The van der Waals surface area contributed by atoms with E-state index in [1.165, 1.54) is 0 Å². The van der Waals surface area contributed by atoms with E-state index in [-0.39, 0.29) is 0 Å². The lowest BCUT2D eigenvalue weighted by atomic mass is 10.2. The third-order valence-electron chi connectivity index (χ3n) is 3.03. The van der Waals surface area contributed by atoms with Crippen molar-refractivity contribution < 1.29 is 14.2 Å². The zero-order valence-corrected chi connectivity index (χ0v) is 12.3. The van der Waals surface area contributed by atoms with Crippen molar-refractivity contribution in [2.24, 2.45) is 5.73 Å². The number of rotatable bonds is 7. The van der Waals surface area contributed by atoms with Crippen LogP contribution < -0.4 is 19.9 Å². The van der Waals surface area contributed by atoms with Gasteiger partial charge in [0.15, 0.2) is 5.75 Å². The molecule has 0 radical (unpaired) electrons. The van der Waals surface area contributed by atoms with Crippen molar-refractivity contribution in [1.82, 2.24) is 4.98 Å². The van der Waals surface area contributed by atoms with Crippen molar-refractivity contribution in [1.29, 1.82) is 0 Å². The highest BCUT2D eigenvalue weighted by molar-refractivity contribution is 5.35. The summed E-state index contributed by atoms with van der Waals surface area (Å²) < 4.78 is 16.1. The molecule has 0 aliphatic carbocycles. The predicted octanol–water partition coefficient (Wildman–Crippen LogP) is 2.18. The Hall–Kier alpha value is -2.27. The maximum Gasteiger partial charge on any atom is 0.256 e. The van der Waals surface area contributed by atoms with E-state index >= 15 is 0 Å². The number of nitrogens with zero attached hydrogens (tertiary/aromatic N) is 1. The molecule has 0 aliphatic heterocycles. The standard InChI is InChI=1S/C16H20N2O3/c1-19-14-6-3-12(4-7-14)11-21-15-8-5-13(9-10-17)18-16(15)20-2/h3-8H,9-11,17H2,1-2H3. The van der Waals surface area contributed by atoms with Crippen LogP contribution in [-0.4, -0.2) is 25.7 Å². The molecule has 2 aromatic rings. The Morgan fingerprint density at radius 3 is 2.38 bits per heavy atom. The Bertz CT molecular complexity index is 570. The van der Waals surface area contributed by atoms with Crippen LogP contribution in [0, 0.1) is 0 Å². The molecular weight excluding hydrogens is 268 g/mol. The van der Waals surface area contributed by atoms with Crippen LogP contribution in [0.4, 0.5) is 0 Å². The minimum Gasteiger partial charge on any atom is -0.497 e. The molecule has 1 aromatic carbocycles. The van der Waals surface area contributed by atoms with E-state index < -0.39 is 0 Å². The fourth-order valence-corrected chi connectivity index (χ4v) is 1.89. The van der Waals surface area contributed by atoms with E-state index in [0.29, 0.717) is 24.8 Å². The number of ether oxygens (including phenoxy) is 3. The Labute approximate surface area is 124 Å². The lowest BCUT2D eigenvalue weighted by Gasteiger charge is -2.11. The van der Waals surface area contributed by atoms with Gasteiger partial charge in [0.1, 0.15) is 12.4 Å². The minimum atomic E-state index is 0.443. The first-order valence-corrected chi connectivity index (χ1v) is 6.76. The second-order valence-corrected chi connectivity index (χ2v) is 4.49. The summed E-state index contributed by atoms with van der Waals surface area (Å²) in [5.41, 5.74) is 7.47. The van der Waals surface area contributed by atoms with E-state index in [2.05, 4.69) is 4.98 Å². The number of hydrogen-bond acceptors (Lipinski definition) is 5. The van der Waals surface area contributed by atoms with Crippen molar-refractivity contribution in [3.8, 4) is 17.4 Å². The number of methoxy groups -OCH3 is 2. The van der Waals surface area contributed by atoms with Crippen molar-refractivity contribution in [2.75, 3.05) is 20.8 Å². The van der Waals surface area contributed by atoms with Gasteiger partial charge in [0, 0.05) is 12.1 Å². The summed E-state index contributed by atoms with van der Waals surface area (Å²) in [5, 5.41) is 0. The first kappa shape index (κ1) is 15.1. The van der Waals surface area contributed by atoms with Crippen LogP contribution >= 0.6 is 0 Å². The second-order valence-electron chi connectivity index (χ2n) is 4.49. The smallest absolute Gasteiger partial charge is 0.256 e. The molecular formula is C16H20N2O3. The number of pyridine rings is 1. The SMILES string of the molecule is COc1ccc(COc2ccc(CCN)nc2OC)cc1. The molecule has 21 heavy (non-hydrogen) atoms. The Morgan fingerprint density at radius 2 is 1.76 bits per heavy atom. The molecule has 5 heteroatoms. The van der Waals surface area contributed by atoms with Gasteiger partial charge in [-0.15, -0.1) is 0 Å². The first-order chi connectivity index (χ1) is 10.3. The van der Waals surface area contributed by atoms with E-state index in [0.717, 1.165) is 23.4 Å². The van der Waals surface area contributed by atoms with Gasteiger partial charge in [-0.1, -0.05) is 12.1 Å². The fourth-order valence-electron chi connectivity index (χ4n) is 1.89. The molecule has 112 valence electrons. The van der Waals surface area contributed by atoms with Gasteiger partial charge in [-0.3, -0.25) is 0 Å². The Kier molecular flexibility index (Phi) is 5.40. The summed E-state index contributed by atoms with van der Waals surface area (Å²) in [6.07, 6.45) is 0.717. The molecule has 2 rings (SSSR count). The molecule has 0 saturated carbocycles. The average Bonchev–Trinajstić information content (AvgIpc) is 2.54. The van der Waals surface area contributed by atoms with Crippen molar-refractivity contribution >= 4 is 0 Å². The van der Waals surface area contributed by atoms with Gasteiger partial charge in [0.2, 0.25) is 0 Å². The summed E-state index contributed by atoms with van der Waals surface area (Å²) in [6, 6.07) is 11.5. The summed E-state index contributed by atoms with van der Waals surface area (Å²) in [7, 11) is 3.22. The molecule has 2 N–H and O–H groups in total. The van der Waals surface area contributed by atoms with Gasteiger partial charge in [0.05, 0.1) is 14.2 Å². The topological polar surface area (TPSA) is 66.6 Å². The number of aromatic nitrogens is 1. The van der Waals surface area contributed by atoms with Gasteiger partial charge in [-0.05, 0) is 36.4 Å². The zero-order valence-electron chi connectivity index (χ0n) is 12.3.